The lowest BCUT2D eigenvalue weighted by Crippen LogP contribution is -2.16. The molecule has 1 atom stereocenters. The lowest BCUT2D eigenvalue weighted by atomic mass is 10.1. The minimum atomic E-state index is -1.17. The molecule has 21 heavy (non-hydrogen) atoms. The van der Waals surface area contributed by atoms with Gasteiger partial charge >= 0.3 is 5.97 Å². The summed E-state index contributed by atoms with van der Waals surface area (Å²) in [5.74, 6) is -1.17. The van der Waals surface area contributed by atoms with E-state index in [1.807, 2.05) is 6.92 Å². The molecule has 0 saturated heterocycles. The second kappa shape index (κ2) is 8.24. The minimum absolute atomic E-state index is 0.0807. The third-order valence-corrected chi connectivity index (χ3v) is 3.33. The highest BCUT2D eigenvalue weighted by atomic mass is 16.6. The summed E-state index contributed by atoms with van der Waals surface area (Å²) in [6.07, 6.45) is 5.52. The number of carboxylic acids is 1. The number of aromatic carboxylic acids is 1. The number of rotatable bonds is 9. The fraction of sp³-hybridized carbons (Fsp3) is 0.533. The van der Waals surface area contributed by atoms with Crippen LogP contribution in [0.3, 0.4) is 0 Å². The fourth-order valence-corrected chi connectivity index (χ4v) is 2.15. The first-order chi connectivity index (χ1) is 9.95. The zero-order valence-electron chi connectivity index (χ0n) is 12.5. The average molecular weight is 294 g/mol. The summed E-state index contributed by atoms with van der Waals surface area (Å²) in [6.45, 7) is 4.12. The molecule has 0 saturated carbocycles. The Labute approximate surface area is 124 Å². The van der Waals surface area contributed by atoms with Crippen LogP contribution in [0.15, 0.2) is 18.2 Å². The molecular formula is C15H22N2O4. The smallest absolute Gasteiger partial charge is 0.335 e. The number of nitrogens with one attached hydrogen (secondary N) is 1. The van der Waals surface area contributed by atoms with Gasteiger partial charge in [0.1, 0.15) is 5.69 Å². The molecule has 116 valence electrons. The van der Waals surface area contributed by atoms with E-state index in [-0.39, 0.29) is 17.3 Å². The molecule has 1 rings (SSSR count). The SMILES string of the molecule is CCCCCCC(C)Nc1ccc(C(=O)O)cc1[N+](=O)[O-]. The molecule has 0 aliphatic carbocycles. The Bertz CT molecular complexity index is 502. The number of nitro benzene ring substituents is 1. The van der Waals surface area contributed by atoms with Gasteiger partial charge in [0, 0.05) is 12.1 Å². The van der Waals surface area contributed by atoms with Crippen molar-refractivity contribution in [2.24, 2.45) is 0 Å². The van der Waals surface area contributed by atoms with Crippen LogP contribution in [0.25, 0.3) is 0 Å². The Hall–Kier alpha value is -2.11. The van der Waals surface area contributed by atoms with Gasteiger partial charge in [-0.25, -0.2) is 4.79 Å². The normalized spacial score (nSPS) is 11.9. The number of benzene rings is 1. The number of nitro groups is 1. The van der Waals surface area contributed by atoms with Gasteiger partial charge in [0.2, 0.25) is 0 Å². The van der Waals surface area contributed by atoms with Crippen molar-refractivity contribution in [1.29, 1.82) is 0 Å². The van der Waals surface area contributed by atoms with Crippen molar-refractivity contribution < 1.29 is 14.8 Å². The predicted molar refractivity (Wildman–Crippen MR) is 81.9 cm³/mol. The summed E-state index contributed by atoms with van der Waals surface area (Å²) in [4.78, 5) is 21.4. The molecule has 0 aliphatic rings. The second-order valence-corrected chi connectivity index (χ2v) is 5.19. The molecule has 0 radical (unpaired) electrons. The molecule has 6 nitrogen and oxygen atoms in total. The monoisotopic (exact) mass is 294 g/mol. The van der Waals surface area contributed by atoms with Crippen molar-refractivity contribution in [3.8, 4) is 0 Å². The first-order valence-corrected chi connectivity index (χ1v) is 7.24. The average Bonchev–Trinajstić information content (AvgIpc) is 2.43. The third kappa shape index (κ3) is 5.41. The largest absolute Gasteiger partial charge is 0.478 e. The lowest BCUT2D eigenvalue weighted by molar-refractivity contribution is -0.384. The lowest BCUT2D eigenvalue weighted by Gasteiger charge is -2.15. The maximum Gasteiger partial charge on any atom is 0.335 e. The van der Waals surface area contributed by atoms with Crippen LogP contribution in [0.1, 0.15) is 56.3 Å². The fourth-order valence-electron chi connectivity index (χ4n) is 2.15. The van der Waals surface area contributed by atoms with Crippen LogP contribution < -0.4 is 5.32 Å². The molecule has 2 N–H and O–H groups in total. The van der Waals surface area contributed by atoms with Gasteiger partial charge in [-0.05, 0) is 25.5 Å². The summed E-state index contributed by atoms with van der Waals surface area (Å²) in [7, 11) is 0. The molecule has 0 bridgehead atoms. The van der Waals surface area contributed by atoms with Gasteiger partial charge in [-0.3, -0.25) is 10.1 Å². The maximum atomic E-state index is 11.0. The molecule has 0 fully saturated rings. The van der Waals surface area contributed by atoms with Crippen LogP contribution in [-0.2, 0) is 0 Å². The molecule has 0 spiro atoms. The Morgan fingerprint density at radius 2 is 2.10 bits per heavy atom. The van der Waals surface area contributed by atoms with E-state index < -0.39 is 10.9 Å². The van der Waals surface area contributed by atoms with Crippen LogP contribution in [0.2, 0.25) is 0 Å². The first-order valence-electron chi connectivity index (χ1n) is 7.24. The molecule has 0 aromatic heterocycles. The summed E-state index contributed by atoms with van der Waals surface area (Å²) in [6, 6.07) is 4.04. The summed E-state index contributed by atoms with van der Waals surface area (Å²) in [5.41, 5.74) is 0.0890. The minimum Gasteiger partial charge on any atom is -0.478 e. The highest BCUT2D eigenvalue weighted by Gasteiger charge is 2.18. The Morgan fingerprint density at radius 3 is 2.67 bits per heavy atom. The first kappa shape index (κ1) is 16.9. The van der Waals surface area contributed by atoms with Gasteiger partial charge in [-0.1, -0.05) is 32.6 Å². The van der Waals surface area contributed by atoms with E-state index in [1.165, 1.54) is 25.0 Å². The quantitative estimate of drug-likeness (QED) is 0.407. The Morgan fingerprint density at radius 1 is 1.38 bits per heavy atom. The van der Waals surface area contributed by atoms with E-state index in [2.05, 4.69) is 12.2 Å². The zero-order valence-corrected chi connectivity index (χ0v) is 12.5. The zero-order chi connectivity index (χ0) is 15.8. The maximum absolute atomic E-state index is 11.0. The Kier molecular flexibility index (Phi) is 6.65. The Balaban J connectivity index is 2.73. The standard InChI is InChI=1S/C15H22N2O4/c1-3-4-5-6-7-11(2)16-13-9-8-12(15(18)19)10-14(13)17(20)21/h8-11,16H,3-7H2,1-2H3,(H,18,19). The van der Waals surface area contributed by atoms with Crippen LogP contribution in [-0.4, -0.2) is 22.0 Å². The number of carboxylic acid groups (broad SMARTS) is 1. The number of anilines is 1. The van der Waals surface area contributed by atoms with E-state index in [0.29, 0.717) is 5.69 Å². The van der Waals surface area contributed by atoms with E-state index in [1.54, 1.807) is 0 Å². The van der Waals surface area contributed by atoms with E-state index in [4.69, 9.17) is 5.11 Å². The number of nitrogens with zero attached hydrogens (tertiary/aromatic N) is 1. The van der Waals surface area contributed by atoms with Crippen molar-refractivity contribution in [2.75, 3.05) is 5.32 Å². The molecule has 0 amide bonds. The van der Waals surface area contributed by atoms with Crippen molar-refractivity contribution in [2.45, 2.75) is 52.0 Å². The third-order valence-electron chi connectivity index (χ3n) is 3.33. The van der Waals surface area contributed by atoms with Gasteiger partial charge in [-0.2, -0.15) is 0 Å². The summed E-state index contributed by atoms with van der Waals surface area (Å²) in [5, 5.41) is 23.0. The topological polar surface area (TPSA) is 92.5 Å². The highest BCUT2D eigenvalue weighted by Crippen LogP contribution is 2.27. The second-order valence-electron chi connectivity index (χ2n) is 5.19. The van der Waals surface area contributed by atoms with Crippen molar-refractivity contribution >= 4 is 17.3 Å². The van der Waals surface area contributed by atoms with Crippen molar-refractivity contribution in [3.63, 3.8) is 0 Å². The summed E-state index contributed by atoms with van der Waals surface area (Å²) < 4.78 is 0. The number of hydrogen-bond acceptors (Lipinski definition) is 4. The van der Waals surface area contributed by atoms with Gasteiger partial charge in [0.05, 0.1) is 10.5 Å². The van der Waals surface area contributed by atoms with E-state index in [0.717, 1.165) is 25.3 Å². The van der Waals surface area contributed by atoms with Gasteiger partial charge in [0.25, 0.3) is 5.69 Å². The molecule has 1 aromatic rings. The summed E-state index contributed by atoms with van der Waals surface area (Å²) >= 11 is 0. The molecule has 1 unspecified atom stereocenters. The van der Waals surface area contributed by atoms with E-state index >= 15 is 0 Å². The van der Waals surface area contributed by atoms with Gasteiger partial charge in [-0.15, -0.1) is 0 Å². The van der Waals surface area contributed by atoms with Crippen LogP contribution in [0.5, 0.6) is 0 Å². The van der Waals surface area contributed by atoms with Crippen molar-refractivity contribution in [1.82, 2.24) is 0 Å². The van der Waals surface area contributed by atoms with Crippen LogP contribution in [0, 0.1) is 10.1 Å². The van der Waals surface area contributed by atoms with Gasteiger partial charge in [0.15, 0.2) is 0 Å². The highest BCUT2D eigenvalue weighted by molar-refractivity contribution is 5.89. The number of carbonyl (C=O) groups is 1. The van der Waals surface area contributed by atoms with Gasteiger partial charge < -0.3 is 10.4 Å². The van der Waals surface area contributed by atoms with Crippen LogP contribution in [0.4, 0.5) is 11.4 Å². The van der Waals surface area contributed by atoms with Crippen LogP contribution >= 0.6 is 0 Å². The molecule has 1 aromatic carbocycles. The molecule has 0 heterocycles. The number of hydrogen-bond donors (Lipinski definition) is 2. The number of unbranched alkanes of at least 4 members (excludes halogenated alkanes) is 3. The molecule has 0 aliphatic heterocycles. The predicted octanol–water partition coefficient (Wildman–Crippen LogP) is 4.06. The van der Waals surface area contributed by atoms with E-state index in [9.17, 15) is 14.9 Å². The molecule has 6 heteroatoms. The molecular weight excluding hydrogens is 272 g/mol. The van der Waals surface area contributed by atoms with Crippen molar-refractivity contribution in [3.05, 3.63) is 33.9 Å².